The van der Waals surface area contributed by atoms with Gasteiger partial charge >= 0.3 is 110 Å². The van der Waals surface area contributed by atoms with Gasteiger partial charge in [0.15, 0.2) is 0 Å². The molecule has 4 nitrogen and oxygen atoms in total. The fraction of sp³-hybridized carbons (Fsp3) is 0.774. The molecule has 0 saturated carbocycles. The summed E-state index contributed by atoms with van der Waals surface area (Å²) in [7, 11) is -2.43. The number of rotatable bonds is 28. The molecule has 0 spiro atoms. The predicted octanol–water partition coefficient (Wildman–Crippen LogP) is 19.3. The molecule has 93 heavy (non-hydrogen) atoms. The maximum Gasteiger partial charge on any atom is 0.494 e. The first-order valence-corrected chi connectivity index (χ1v) is 27.4. The van der Waals surface area contributed by atoms with E-state index in [1.807, 2.05) is 0 Å². The highest BCUT2D eigenvalue weighted by Crippen LogP contribution is 2.67. The standard InChI is InChI=1S/C53H54B2F34O4/c1-33(2)34(3,4)91-54(90-33)27-17-19-29-30-20-18-28(55-92-35(5,6)36(7,8)93-55)26-32(30)37(31(29)25-27,21-13-9-11-15-23-38(56,57)40(60,61)42(64,65)44(68,69)46(72,73)48(76,77)50(80,81)52(84,85)86)22-14-10-12-16-24-39(58,59)41(62,63)43(66,67)45(70,71)47(74,75)49(78,79)51(82,83)53(87,88)89/h17-20,25-26H,9-16,21-24H2,1-8H3. The number of halogens is 34. The second-order valence-corrected chi connectivity index (χ2v) is 25.0. The van der Waals surface area contributed by atoms with Crippen molar-refractivity contribution in [2.45, 2.75) is 256 Å². The average Bonchev–Trinajstić information content (AvgIpc) is 1.46. The second kappa shape index (κ2) is 23.6. The number of hydrogen-bond donors (Lipinski definition) is 0. The molecule has 0 bridgehead atoms. The first-order chi connectivity index (χ1) is 41.0. The maximum absolute atomic E-state index is 15.0. The zero-order valence-corrected chi connectivity index (χ0v) is 49.1. The molecule has 2 saturated heterocycles. The van der Waals surface area contributed by atoms with E-state index in [9.17, 15) is 149 Å². The SMILES string of the molecule is CC1(C)OB(c2ccc3c(c2)C(CCCCCCC(F)(F)C(F)(F)C(F)(F)C(F)(F)C(F)(F)C(F)(F)C(F)(F)C(F)(F)F)(CCCCCCC(F)(F)C(F)(F)C(F)(F)C(F)(F)C(F)(F)C(F)(F)C(F)(F)C(F)(F)F)c2cc(B4OC(C)(C)C(C)(C)O4)ccc2-3)OC1(C)C. The van der Waals surface area contributed by atoms with E-state index < -0.39 is 202 Å². The normalized spacial score (nSPS) is 19.8. The lowest BCUT2D eigenvalue weighted by Gasteiger charge is -2.42. The highest BCUT2D eigenvalue weighted by Gasteiger charge is 2.97. The molecule has 0 unspecified atom stereocenters. The minimum absolute atomic E-state index is 0.234. The summed E-state index contributed by atoms with van der Waals surface area (Å²) >= 11 is 0. The molecule has 2 aromatic rings. The summed E-state index contributed by atoms with van der Waals surface area (Å²) < 4.78 is 500. The van der Waals surface area contributed by atoms with Crippen LogP contribution >= 0.6 is 0 Å². The third-order valence-electron chi connectivity index (χ3n) is 17.7. The molecule has 2 fully saturated rings. The Kier molecular flexibility index (Phi) is 20.2. The van der Waals surface area contributed by atoms with Crippen LogP contribution in [0.5, 0.6) is 0 Å². The van der Waals surface area contributed by atoms with Crippen LogP contribution in [0.1, 0.15) is 144 Å². The molecule has 0 amide bonds. The van der Waals surface area contributed by atoms with Gasteiger partial charge < -0.3 is 18.6 Å². The van der Waals surface area contributed by atoms with Gasteiger partial charge in [0.2, 0.25) is 0 Å². The molecular formula is C53H54B2F34O4. The van der Waals surface area contributed by atoms with Crippen molar-refractivity contribution in [2.24, 2.45) is 0 Å². The van der Waals surface area contributed by atoms with Gasteiger partial charge in [-0.25, -0.2) is 0 Å². The van der Waals surface area contributed by atoms with Crippen molar-refractivity contribution < 1.29 is 168 Å². The van der Waals surface area contributed by atoms with Crippen molar-refractivity contribution in [3.63, 3.8) is 0 Å². The molecule has 40 heteroatoms. The van der Waals surface area contributed by atoms with Crippen molar-refractivity contribution in [3.05, 3.63) is 47.5 Å². The molecule has 2 heterocycles. The molecule has 2 aliphatic heterocycles. The van der Waals surface area contributed by atoms with Crippen LogP contribution in [0.4, 0.5) is 149 Å². The Morgan fingerprint density at radius 3 is 0.731 bits per heavy atom. The number of fused-ring (bicyclic) bond motifs is 3. The van der Waals surface area contributed by atoms with E-state index in [4.69, 9.17) is 18.6 Å². The topological polar surface area (TPSA) is 36.9 Å². The summed E-state index contributed by atoms with van der Waals surface area (Å²) in [4.78, 5) is 0. The Bertz CT molecular complexity index is 2780. The third-order valence-corrected chi connectivity index (χ3v) is 17.7. The van der Waals surface area contributed by atoms with E-state index >= 15 is 0 Å². The summed E-state index contributed by atoms with van der Waals surface area (Å²) in [5.41, 5.74) is -4.17. The monoisotopic (exact) mass is 1420 g/mol. The molecular weight excluding hydrogens is 1370 g/mol. The summed E-state index contributed by atoms with van der Waals surface area (Å²) in [6.07, 6.45) is -28.9. The fourth-order valence-electron chi connectivity index (χ4n) is 10.4. The van der Waals surface area contributed by atoms with E-state index in [0.717, 1.165) is 0 Å². The first-order valence-electron chi connectivity index (χ1n) is 27.4. The maximum atomic E-state index is 15.0. The van der Waals surface area contributed by atoms with E-state index in [2.05, 4.69) is 0 Å². The van der Waals surface area contributed by atoms with Crippen molar-refractivity contribution >= 4 is 25.2 Å². The zero-order valence-electron chi connectivity index (χ0n) is 49.1. The third kappa shape index (κ3) is 12.1. The van der Waals surface area contributed by atoms with Gasteiger partial charge in [-0.2, -0.15) is 149 Å². The summed E-state index contributed by atoms with van der Waals surface area (Å²) in [5, 5.41) is 0. The zero-order chi connectivity index (χ0) is 72.7. The van der Waals surface area contributed by atoms with Crippen molar-refractivity contribution in [1.82, 2.24) is 0 Å². The quantitative estimate of drug-likeness (QED) is 0.0483. The predicted molar refractivity (Wildman–Crippen MR) is 261 cm³/mol. The first kappa shape index (κ1) is 79.7. The van der Waals surface area contributed by atoms with Crippen molar-refractivity contribution in [3.8, 4) is 11.1 Å². The average molecular weight is 1420 g/mol. The Hall–Kier alpha value is -3.97. The Morgan fingerprint density at radius 2 is 0.495 bits per heavy atom. The van der Waals surface area contributed by atoms with Crippen LogP contribution in [-0.4, -0.2) is 132 Å². The molecule has 2 aromatic carbocycles. The van der Waals surface area contributed by atoms with Gasteiger partial charge in [-0.05, 0) is 114 Å². The fourth-order valence-corrected chi connectivity index (χ4v) is 10.4. The largest absolute Gasteiger partial charge is 0.494 e. The van der Waals surface area contributed by atoms with Gasteiger partial charge in [0.25, 0.3) is 0 Å². The van der Waals surface area contributed by atoms with Gasteiger partial charge in [-0.15, -0.1) is 0 Å². The van der Waals surface area contributed by atoms with Crippen LogP contribution in [0, 0.1) is 0 Å². The van der Waals surface area contributed by atoms with E-state index in [-0.39, 0.29) is 34.9 Å². The van der Waals surface area contributed by atoms with Gasteiger partial charge in [0.1, 0.15) is 0 Å². The van der Waals surface area contributed by atoms with Crippen molar-refractivity contribution in [1.29, 1.82) is 0 Å². The van der Waals surface area contributed by atoms with Crippen molar-refractivity contribution in [2.75, 3.05) is 0 Å². The highest BCUT2D eigenvalue weighted by atomic mass is 19.4. The Labute approximate surface area is 506 Å². The molecule has 534 valence electrons. The minimum atomic E-state index is -8.86. The molecule has 3 aliphatic rings. The molecule has 0 aromatic heterocycles. The lowest BCUT2D eigenvalue weighted by Crippen LogP contribution is -2.74. The van der Waals surface area contributed by atoms with Crippen LogP contribution in [0.25, 0.3) is 11.1 Å². The van der Waals surface area contributed by atoms with E-state index in [1.165, 1.54) is 36.4 Å². The summed E-state index contributed by atoms with van der Waals surface area (Å²) in [6, 6.07) is 9.06. The Balaban J connectivity index is 1.49. The van der Waals surface area contributed by atoms with Crippen LogP contribution in [0.2, 0.25) is 0 Å². The summed E-state index contributed by atoms with van der Waals surface area (Å²) in [6.45, 7) is 13.0. The molecule has 0 N–H and O–H groups in total. The molecule has 1 aliphatic carbocycles. The van der Waals surface area contributed by atoms with Gasteiger partial charge in [-0.3, -0.25) is 0 Å². The minimum Gasteiger partial charge on any atom is -0.399 e. The van der Waals surface area contributed by atoms with Crippen LogP contribution in [-0.2, 0) is 24.0 Å². The van der Waals surface area contributed by atoms with Gasteiger partial charge in [0, 0.05) is 18.3 Å². The summed E-state index contributed by atoms with van der Waals surface area (Å²) in [5.74, 6) is -116. The lowest BCUT2D eigenvalue weighted by molar-refractivity contribution is -0.461. The van der Waals surface area contributed by atoms with Gasteiger partial charge in [-0.1, -0.05) is 74.9 Å². The molecule has 0 atom stereocenters. The lowest BCUT2D eigenvalue weighted by atomic mass is 9.67. The second-order valence-electron chi connectivity index (χ2n) is 25.0. The van der Waals surface area contributed by atoms with E-state index in [1.54, 1.807) is 55.4 Å². The number of unbranched alkanes of at least 4 members (excludes halogenated alkanes) is 6. The van der Waals surface area contributed by atoms with Gasteiger partial charge in [0.05, 0.1) is 22.4 Å². The number of alkyl halides is 34. The molecule has 0 radical (unpaired) electrons. The Morgan fingerprint density at radius 1 is 0.280 bits per heavy atom. The molecule has 5 rings (SSSR count). The smallest absolute Gasteiger partial charge is 0.399 e. The van der Waals surface area contributed by atoms with Crippen LogP contribution in [0.3, 0.4) is 0 Å². The van der Waals surface area contributed by atoms with Crippen LogP contribution in [0.15, 0.2) is 36.4 Å². The highest BCUT2D eigenvalue weighted by molar-refractivity contribution is 6.62. The van der Waals surface area contributed by atoms with Crippen LogP contribution < -0.4 is 10.9 Å². The van der Waals surface area contributed by atoms with E-state index in [0.29, 0.717) is 11.1 Å². The number of benzene rings is 2. The number of hydrogen-bond acceptors (Lipinski definition) is 4.